The first-order valence-electron chi connectivity index (χ1n) is 4.55. The number of alkyl halides is 1. The first-order chi connectivity index (χ1) is 7.34. The molecule has 0 saturated carbocycles. The van der Waals surface area contributed by atoms with E-state index in [2.05, 4.69) is 6.58 Å². The molecule has 0 bridgehead atoms. The molecule has 90 valence electrons. The number of amides is 1. The summed E-state index contributed by atoms with van der Waals surface area (Å²) >= 11 is 0. The van der Waals surface area contributed by atoms with E-state index in [4.69, 9.17) is 10.2 Å². The second kappa shape index (κ2) is 4.09. The Labute approximate surface area is 90.6 Å². The van der Waals surface area contributed by atoms with E-state index < -0.39 is 42.8 Å². The largest absolute Gasteiger partial charge is 0.480 e. The van der Waals surface area contributed by atoms with E-state index in [9.17, 15) is 19.1 Å². The molecule has 3 atom stereocenters. The van der Waals surface area contributed by atoms with Crippen molar-refractivity contribution < 1.29 is 29.3 Å². The van der Waals surface area contributed by atoms with Gasteiger partial charge in [0.2, 0.25) is 0 Å². The summed E-state index contributed by atoms with van der Waals surface area (Å²) in [4.78, 5) is 22.0. The van der Waals surface area contributed by atoms with E-state index in [1.54, 1.807) is 0 Å². The fourth-order valence-corrected chi connectivity index (χ4v) is 1.88. The van der Waals surface area contributed by atoms with Gasteiger partial charge in [0.1, 0.15) is 6.10 Å². The van der Waals surface area contributed by atoms with Crippen molar-refractivity contribution in [3.8, 4) is 0 Å². The van der Waals surface area contributed by atoms with Gasteiger partial charge in [-0.15, -0.1) is 6.58 Å². The summed E-state index contributed by atoms with van der Waals surface area (Å²) in [5, 5.41) is 27.0. The van der Waals surface area contributed by atoms with Gasteiger partial charge in [0.25, 0.3) is 0 Å². The SMILES string of the molecule is C=CC[C@]1(F)[C@H](O)CN(C(=O)O)[C@@H]1C(=O)O. The van der Waals surface area contributed by atoms with Gasteiger partial charge in [0.15, 0.2) is 11.7 Å². The number of hydrogen-bond donors (Lipinski definition) is 3. The molecular weight excluding hydrogens is 221 g/mol. The third kappa shape index (κ3) is 1.73. The van der Waals surface area contributed by atoms with Crippen molar-refractivity contribution in [3.63, 3.8) is 0 Å². The van der Waals surface area contributed by atoms with E-state index in [0.717, 1.165) is 6.08 Å². The van der Waals surface area contributed by atoms with E-state index in [1.165, 1.54) is 0 Å². The highest BCUT2D eigenvalue weighted by molar-refractivity contribution is 5.82. The van der Waals surface area contributed by atoms with Crippen molar-refractivity contribution in [2.75, 3.05) is 6.54 Å². The zero-order chi connectivity index (χ0) is 12.5. The molecule has 1 fully saturated rings. The maximum absolute atomic E-state index is 14.2. The van der Waals surface area contributed by atoms with Gasteiger partial charge in [-0.3, -0.25) is 4.90 Å². The highest BCUT2D eigenvalue weighted by Gasteiger charge is 2.59. The number of aliphatic hydroxyl groups is 1. The first-order valence-corrected chi connectivity index (χ1v) is 4.55. The normalized spacial score (nSPS) is 33.8. The average Bonchev–Trinajstić information content (AvgIpc) is 2.40. The van der Waals surface area contributed by atoms with Gasteiger partial charge < -0.3 is 15.3 Å². The van der Waals surface area contributed by atoms with Crippen LogP contribution in [-0.4, -0.2) is 56.6 Å². The summed E-state index contributed by atoms with van der Waals surface area (Å²) in [5.74, 6) is -1.62. The average molecular weight is 233 g/mol. The van der Waals surface area contributed by atoms with Crippen LogP contribution in [0.2, 0.25) is 0 Å². The molecule has 0 aromatic carbocycles. The molecular formula is C9H12FNO5. The van der Waals surface area contributed by atoms with Crippen LogP contribution in [0.15, 0.2) is 12.7 Å². The van der Waals surface area contributed by atoms with Crippen molar-refractivity contribution in [1.82, 2.24) is 4.90 Å². The molecule has 1 aliphatic heterocycles. The molecule has 0 aromatic heterocycles. The number of halogens is 1. The number of likely N-dealkylation sites (tertiary alicyclic amines) is 1. The molecule has 1 heterocycles. The van der Waals surface area contributed by atoms with Crippen LogP contribution in [0.25, 0.3) is 0 Å². The number of rotatable bonds is 3. The molecule has 16 heavy (non-hydrogen) atoms. The van der Waals surface area contributed by atoms with Crippen LogP contribution in [0.5, 0.6) is 0 Å². The lowest BCUT2D eigenvalue weighted by Crippen LogP contribution is -2.51. The Bertz CT molecular complexity index is 334. The van der Waals surface area contributed by atoms with Crippen molar-refractivity contribution in [2.45, 2.75) is 24.2 Å². The number of carboxylic acid groups (broad SMARTS) is 2. The molecule has 1 aliphatic rings. The monoisotopic (exact) mass is 233 g/mol. The number of carboxylic acids is 1. The Balaban J connectivity index is 3.12. The van der Waals surface area contributed by atoms with Crippen LogP contribution >= 0.6 is 0 Å². The molecule has 0 aromatic rings. The third-order valence-electron chi connectivity index (χ3n) is 2.63. The van der Waals surface area contributed by atoms with Crippen LogP contribution in [0, 0.1) is 0 Å². The number of allylic oxidation sites excluding steroid dienone is 1. The minimum atomic E-state index is -2.52. The number of aliphatic hydroxyl groups excluding tert-OH is 1. The van der Waals surface area contributed by atoms with Crippen molar-refractivity contribution in [3.05, 3.63) is 12.7 Å². The molecule has 0 unspecified atom stereocenters. The maximum atomic E-state index is 14.2. The van der Waals surface area contributed by atoms with Crippen LogP contribution < -0.4 is 0 Å². The van der Waals surface area contributed by atoms with Crippen molar-refractivity contribution >= 4 is 12.1 Å². The first kappa shape index (κ1) is 12.4. The molecule has 1 rings (SSSR count). The maximum Gasteiger partial charge on any atom is 0.408 e. The van der Waals surface area contributed by atoms with Crippen LogP contribution in [0.4, 0.5) is 9.18 Å². The molecule has 1 saturated heterocycles. The number of carbonyl (C=O) groups is 2. The smallest absolute Gasteiger partial charge is 0.408 e. The minimum Gasteiger partial charge on any atom is -0.480 e. The van der Waals surface area contributed by atoms with E-state index in [0.29, 0.717) is 4.90 Å². The highest BCUT2D eigenvalue weighted by Crippen LogP contribution is 2.36. The standard InChI is InChI=1S/C9H12FNO5/c1-2-3-9(10)5(12)4-11(8(15)16)6(9)7(13)14/h2,5-6,12H,1,3-4H2,(H,13,14)(H,15,16)/t5-,6-,9+/m1/s1. The number of hydrogen-bond acceptors (Lipinski definition) is 3. The molecule has 7 heteroatoms. The Morgan fingerprint density at radius 2 is 2.12 bits per heavy atom. The van der Waals surface area contributed by atoms with Crippen molar-refractivity contribution in [2.24, 2.45) is 0 Å². The fourth-order valence-electron chi connectivity index (χ4n) is 1.88. The summed E-state index contributed by atoms with van der Waals surface area (Å²) < 4.78 is 14.2. The lowest BCUT2D eigenvalue weighted by Gasteiger charge is -2.27. The zero-order valence-corrected chi connectivity index (χ0v) is 8.34. The summed E-state index contributed by atoms with van der Waals surface area (Å²) in [5.41, 5.74) is -2.52. The molecule has 0 aliphatic carbocycles. The number of aliphatic carboxylic acids is 1. The van der Waals surface area contributed by atoms with Gasteiger partial charge >= 0.3 is 12.1 Å². The topological polar surface area (TPSA) is 98.1 Å². The van der Waals surface area contributed by atoms with E-state index in [-0.39, 0.29) is 0 Å². The zero-order valence-electron chi connectivity index (χ0n) is 8.34. The second-order valence-electron chi connectivity index (χ2n) is 3.61. The van der Waals surface area contributed by atoms with Crippen LogP contribution in [-0.2, 0) is 4.79 Å². The summed E-state index contributed by atoms with van der Waals surface area (Å²) in [6.07, 6.45) is -2.54. The molecule has 0 radical (unpaired) electrons. The van der Waals surface area contributed by atoms with Gasteiger partial charge in [-0.2, -0.15) is 0 Å². The quantitative estimate of drug-likeness (QED) is 0.599. The molecule has 3 N–H and O–H groups in total. The Morgan fingerprint density at radius 3 is 2.50 bits per heavy atom. The summed E-state index contributed by atoms with van der Waals surface area (Å²) in [7, 11) is 0. The number of β-amino-alcohol motifs (C(OH)–C–C–N with tert-alkyl or cyclic N) is 1. The lowest BCUT2D eigenvalue weighted by atomic mass is 9.91. The van der Waals surface area contributed by atoms with E-state index in [1.807, 2.05) is 0 Å². The fraction of sp³-hybridized carbons (Fsp3) is 0.556. The molecule has 1 amide bonds. The predicted octanol–water partition coefficient (Wildman–Crippen LogP) is 0.0785. The van der Waals surface area contributed by atoms with Crippen LogP contribution in [0.3, 0.4) is 0 Å². The van der Waals surface area contributed by atoms with E-state index >= 15 is 0 Å². The lowest BCUT2D eigenvalue weighted by molar-refractivity contribution is -0.147. The van der Waals surface area contributed by atoms with Gasteiger partial charge in [-0.05, 0) is 0 Å². The molecule has 0 spiro atoms. The highest BCUT2D eigenvalue weighted by atomic mass is 19.1. The summed E-state index contributed by atoms with van der Waals surface area (Å²) in [6, 6.07) is -1.90. The molecule has 6 nitrogen and oxygen atoms in total. The third-order valence-corrected chi connectivity index (χ3v) is 2.63. The van der Waals surface area contributed by atoms with Gasteiger partial charge in [-0.25, -0.2) is 14.0 Å². The van der Waals surface area contributed by atoms with Gasteiger partial charge in [0, 0.05) is 6.42 Å². The number of nitrogens with zero attached hydrogens (tertiary/aromatic N) is 1. The second-order valence-corrected chi connectivity index (χ2v) is 3.61. The summed E-state index contributed by atoms with van der Waals surface area (Å²) in [6.45, 7) is 2.70. The Hall–Kier alpha value is -1.63. The predicted molar refractivity (Wildman–Crippen MR) is 50.8 cm³/mol. The van der Waals surface area contributed by atoms with Gasteiger partial charge in [0.05, 0.1) is 6.54 Å². The van der Waals surface area contributed by atoms with Crippen LogP contribution in [0.1, 0.15) is 6.42 Å². The minimum absolute atomic E-state index is 0.385. The Kier molecular flexibility index (Phi) is 3.18. The van der Waals surface area contributed by atoms with Crippen molar-refractivity contribution in [1.29, 1.82) is 0 Å². The van der Waals surface area contributed by atoms with Gasteiger partial charge in [-0.1, -0.05) is 6.08 Å². The Morgan fingerprint density at radius 1 is 1.56 bits per heavy atom.